The van der Waals surface area contributed by atoms with E-state index in [-0.39, 0.29) is 30.9 Å². The molecule has 1 saturated heterocycles. The lowest BCUT2D eigenvalue weighted by Crippen LogP contribution is -2.49. The normalized spacial score (nSPS) is 18.4. The Labute approximate surface area is 121 Å². The van der Waals surface area contributed by atoms with Gasteiger partial charge < -0.3 is 19.5 Å². The highest BCUT2D eigenvalue weighted by Crippen LogP contribution is 2.21. The van der Waals surface area contributed by atoms with E-state index in [1.54, 1.807) is 0 Å². The van der Waals surface area contributed by atoms with Crippen LogP contribution in [0.3, 0.4) is 0 Å². The molecule has 2 rings (SSSR count). The summed E-state index contributed by atoms with van der Waals surface area (Å²) in [5.74, 6) is -2.00. The Balaban J connectivity index is 2.20. The molecule has 1 amide bonds. The van der Waals surface area contributed by atoms with Gasteiger partial charge in [0.05, 0.1) is 32.8 Å². The van der Waals surface area contributed by atoms with Crippen molar-refractivity contribution in [2.45, 2.75) is 12.5 Å². The highest BCUT2D eigenvalue weighted by Gasteiger charge is 2.30. The molecule has 1 aromatic carbocycles. The van der Waals surface area contributed by atoms with Crippen molar-refractivity contribution in [3.8, 4) is 5.75 Å². The molecule has 21 heavy (non-hydrogen) atoms. The molecule has 1 heterocycles. The van der Waals surface area contributed by atoms with Crippen LogP contribution in [0.15, 0.2) is 18.2 Å². The summed E-state index contributed by atoms with van der Waals surface area (Å²) in [6, 6.07) is 3.37. The third-order valence-electron chi connectivity index (χ3n) is 3.30. The molecule has 1 unspecified atom stereocenters. The van der Waals surface area contributed by atoms with Gasteiger partial charge >= 0.3 is 5.97 Å². The Hall–Kier alpha value is -2.15. The van der Waals surface area contributed by atoms with Crippen LogP contribution in [0.1, 0.15) is 16.8 Å². The number of carbonyl (C=O) groups excluding carboxylic acids is 1. The van der Waals surface area contributed by atoms with E-state index in [2.05, 4.69) is 0 Å². The van der Waals surface area contributed by atoms with Crippen molar-refractivity contribution in [3.63, 3.8) is 0 Å². The fraction of sp³-hybridized carbons (Fsp3) is 0.429. The number of benzene rings is 1. The Bertz CT molecular complexity index is 548. The van der Waals surface area contributed by atoms with Gasteiger partial charge in [-0.05, 0) is 18.2 Å². The summed E-state index contributed by atoms with van der Waals surface area (Å²) < 4.78 is 23.7. The number of morpholine rings is 1. The zero-order chi connectivity index (χ0) is 15.4. The van der Waals surface area contributed by atoms with Gasteiger partial charge in [0.15, 0.2) is 11.6 Å². The van der Waals surface area contributed by atoms with Crippen molar-refractivity contribution in [2.75, 3.05) is 26.9 Å². The molecule has 114 valence electrons. The number of aliphatic carboxylic acids is 1. The third-order valence-corrected chi connectivity index (χ3v) is 3.30. The summed E-state index contributed by atoms with van der Waals surface area (Å²) in [4.78, 5) is 24.7. The van der Waals surface area contributed by atoms with Gasteiger partial charge in [0, 0.05) is 12.1 Å². The molecule has 1 fully saturated rings. The molecule has 0 saturated carbocycles. The molecule has 1 aliphatic heterocycles. The molecular weight excluding hydrogens is 281 g/mol. The number of hydrogen-bond acceptors (Lipinski definition) is 4. The number of amides is 1. The van der Waals surface area contributed by atoms with Gasteiger partial charge in [0.1, 0.15) is 0 Å². The number of hydrogen-bond donors (Lipinski definition) is 1. The van der Waals surface area contributed by atoms with Gasteiger partial charge in [0.2, 0.25) is 0 Å². The molecule has 1 aromatic rings. The highest BCUT2D eigenvalue weighted by molar-refractivity contribution is 5.95. The second kappa shape index (κ2) is 6.53. The molecule has 0 radical (unpaired) electrons. The summed E-state index contributed by atoms with van der Waals surface area (Å²) >= 11 is 0. The minimum atomic E-state index is -1.01. The van der Waals surface area contributed by atoms with Crippen LogP contribution in [0.4, 0.5) is 4.39 Å². The lowest BCUT2D eigenvalue weighted by molar-refractivity contribution is -0.139. The molecule has 6 nitrogen and oxygen atoms in total. The Morgan fingerprint density at radius 2 is 2.29 bits per heavy atom. The zero-order valence-electron chi connectivity index (χ0n) is 11.5. The maximum absolute atomic E-state index is 13.7. The van der Waals surface area contributed by atoms with Crippen molar-refractivity contribution in [1.29, 1.82) is 0 Å². The second-order valence-corrected chi connectivity index (χ2v) is 4.67. The molecule has 0 aliphatic carbocycles. The lowest BCUT2D eigenvalue weighted by atomic mass is 10.1. The largest absolute Gasteiger partial charge is 0.494 e. The van der Waals surface area contributed by atoms with Crippen molar-refractivity contribution in [2.24, 2.45) is 0 Å². The summed E-state index contributed by atoms with van der Waals surface area (Å²) in [6.07, 6.45) is -0.204. The number of carboxylic acids is 1. The number of carbonyl (C=O) groups is 2. The number of nitrogens with zero attached hydrogens (tertiary/aromatic N) is 1. The quantitative estimate of drug-likeness (QED) is 0.902. The number of halogens is 1. The number of methoxy groups -OCH3 is 1. The second-order valence-electron chi connectivity index (χ2n) is 4.67. The van der Waals surface area contributed by atoms with E-state index in [1.807, 2.05) is 0 Å². The first-order valence-corrected chi connectivity index (χ1v) is 6.47. The topological polar surface area (TPSA) is 76.1 Å². The molecule has 7 heteroatoms. The Morgan fingerprint density at radius 3 is 2.90 bits per heavy atom. The summed E-state index contributed by atoms with van der Waals surface area (Å²) in [6.45, 7) is 0.779. The summed E-state index contributed by atoms with van der Waals surface area (Å²) in [5.41, 5.74) is 0.158. The maximum atomic E-state index is 13.7. The van der Waals surface area contributed by atoms with E-state index in [9.17, 15) is 14.0 Å². The van der Waals surface area contributed by atoms with E-state index in [0.29, 0.717) is 6.61 Å². The predicted molar refractivity (Wildman–Crippen MR) is 70.8 cm³/mol. The predicted octanol–water partition coefficient (Wildman–Crippen LogP) is 1.15. The van der Waals surface area contributed by atoms with Crippen molar-refractivity contribution >= 4 is 11.9 Å². The average Bonchev–Trinajstić information content (AvgIpc) is 2.46. The lowest BCUT2D eigenvalue weighted by Gasteiger charge is -2.34. The van der Waals surface area contributed by atoms with Gasteiger partial charge in [0.25, 0.3) is 5.91 Å². The molecule has 0 spiro atoms. The van der Waals surface area contributed by atoms with Crippen molar-refractivity contribution in [3.05, 3.63) is 29.6 Å². The van der Waals surface area contributed by atoms with E-state index in [1.165, 1.54) is 24.1 Å². The smallest absolute Gasteiger partial charge is 0.305 e. The zero-order valence-corrected chi connectivity index (χ0v) is 11.5. The first kappa shape index (κ1) is 15.2. The molecule has 0 aromatic heterocycles. The van der Waals surface area contributed by atoms with E-state index in [4.69, 9.17) is 14.6 Å². The van der Waals surface area contributed by atoms with Crippen LogP contribution in [0.25, 0.3) is 0 Å². The van der Waals surface area contributed by atoms with Crippen LogP contribution in [-0.4, -0.2) is 54.8 Å². The molecule has 0 bridgehead atoms. The first-order valence-electron chi connectivity index (χ1n) is 6.47. The molecular formula is C14H16FNO5. The fourth-order valence-corrected chi connectivity index (χ4v) is 2.26. The van der Waals surface area contributed by atoms with Gasteiger partial charge in [-0.25, -0.2) is 4.39 Å². The monoisotopic (exact) mass is 297 g/mol. The minimum absolute atomic E-state index is 0.0515. The van der Waals surface area contributed by atoms with E-state index in [0.717, 1.165) is 6.07 Å². The van der Waals surface area contributed by atoms with Crippen LogP contribution in [-0.2, 0) is 9.53 Å². The third kappa shape index (κ3) is 3.49. The van der Waals surface area contributed by atoms with E-state index < -0.39 is 23.7 Å². The van der Waals surface area contributed by atoms with Crippen LogP contribution in [0, 0.1) is 5.82 Å². The molecule has 1 atom stereocenters. The highest BCUT2D eigenvalue weighted by atomic mass is 19.1. The number of rotatable bonds is 4. The van der Waals surface area contributed by atoms with Gasteiger partial charge in [-0.2, -0.15) is 0 Å². The first-order chi connectivity index (χ1) is 10.0. The molecule has 1 N–H and O–H groups in total. The Morgan fingerprint density at radius 1 is 1.52 bits per heavy atom. The summed E-state index contributed by atoms with van der Waals surface area (Å²) in [5, 5.41) is 8.88. The van der Waals surface area contributed by atoms with E-state index >= 15 is 0 Å². The van der Waals surface area contributed by atoms with Gasteiger partial charge in [-0.15, -0.1) is 0 Å². The van der Waals surface area contributed by atoms with Crippen molar-refractivity contribution in [1.82, 2.24) is 4.90 Å². The molecule has 1 aliphatic rings. The summed E-state index contributed by atoms with van der Waals surface area (Å²) in [7, 11) is 1.34. The maximum Gasteiger partial charge on any atom is 0.305 e. The van der Waals surface area contributed by atoms with Crippen molar-refractivity contribution < 1.29 is 28.6 Å². The SMILES string of the molecule is COc1ccc(C(=O)N2CCOCC2CC(=O)O)cc1F. The number of ether oxygens (including phenoxy) is 2. The fourth-order valence-electron chi connectivity index (χ4n) is 2.26. The standard InChI is InChI=1S/C14H16FNO5/c1-20-12-3-2-9(6-11(12)15)14(19)16-4-5-21-8-10(16)7-13(17)18/h2-3,6,10H,4-5,7-8H2,1H3,(H,17,18). The van der Waals surface area contributed by atoms with Gasteiger partial charge in [-0.1, -0.05) is 0 Å². The van der Waals surface area contributed by atoms with Crippen LogP contribution in [0.2, 0.25) is 0 Å². The van der Waals surface area contributed by atoms with Crippen LogP contribution < -0.4 is 4.74 Å². The van der Waals surface area contributed by atoms with Gasteiger partial charge in [-0.3, -0.25) is 9.59 Å². The van der Waals surface area contributed by atoms with Crippen LogP contribution >= 0.6 is 0 Å². The Kier molecular flexibility index (Phi) is 4.74. The minimum Gasteiger partial charge on any atom is -0.494 e. The van der Waals surface area contributed by atoms with Crippen LogP contribution in [0.5, 0.6) is 5.75 Å². The number of carboxylic acid groups (broad SMARTS) is 1. The average molecular weight is 297 g/mol.